The van der Waals surface area contributed by atoms with Crippen LogP contribution in [0.25, 0.3) is 0 Å². The first-order chi connectivity index (χ1) is 12.1. The number of aryl methyl sites for hydroxylation is 1. The molecule has 0 aromatic heterocycles. The van der Waals surface area contributed by atoms with Gasteiger partial charge in [0.05, 0.1) is 12.1 Å². The molecule has 0 atom stereocenters. The van der Waals surface area contributed by atoms with Crippen LogP contribution in [0.1, 0.15) is 23.6 Å². The van der Waals surface area contributed by atoms with Crippen LogP contribution in [0.15, 0.2) is 42.5 Å². The van der Waals surface area contributed by atoms with Crippen LogP contribution < -0.4 is 15.5 Å². The minimum atomic E-state index is -0.0929. The van der Waals surface area contributed by atoms with Crippen molar-refractivity contribution < 1.29 is 9.59 Å². The molecule has 130 valence electrons. The summed E-state index contributed by atoms with van der Waals surface area (Å²) < 4.78 is 0. The third kappa shape index (κ3) is 3.82. The summed E-state index contributed by atoms with van der Waals surface area (Å²) in [5.74, 6) is -0.0585. The molecule has 3 rings (SSSR count). The zero-order valence-corrected chi connectivity index (χ0v) is 14.6. The van der Waals surface area contributed by atoms with Gasteiger partial charge in [0.1, 0.15) is 0 Å². The molecular weight excluding hydrogens is 314 g/mol. The molecule has 2 aromatic carbocycles. The number of amides is 3. The van der Waals surface area contributed by atoms with E-state index in [9.17, 15) is 9.59 Å². The van der Waals surface area contributed by atoms with Crippen molar-refractivity contribution in [1.82, 2.24) is 5.32 Å². The highest BCUT2D eigenvalue weighted by Gasteiger charge is 2.24. The molecule has 0 spiro atoms. The SMILES string of the molecule is CCNC(=O)N1CCc2ccc(NC(=O)Cc3ccccc3C)cc21. The Bertz CT molecular complexity index is 801. The van der Waals surface area contributed by atoms with Crippen LogP contribution in [0, 0.1) is 6.92 Å². The molecule has 2 N–H and O–H groups in total. The minimum absolute atomic E-state index is 0.0585. The molecule has 0 fully saturated rings. The summed E-state index contributed by atoms with van der Waals surface area (Å²) in [5, 5.41) is 5.77. The Morgan fingerprint density at radius 1 is 1.16 bits per heavy atom. The lowest BCUT2D eigenvalue weighted by Crippen LogP contribution is -2.38. The quantitative estimate of drug-likeness (QED) is 0.899. The summed E-state index contributed by atoms with van der Waals surface area (Å²) >= 11 is 0. The lowest BCUT2D eigenvalue weighted by atomic mass is 10.1. The number of fused-ring (bicyclic) bond motifs is 1. The molecule has 5 nitrogen and oxygen atoms in total. The summed E-state index contributed by atoms with van der Waals surface area (Å²) in [4.78, 5) is 26.2. The summed E-state index contributed by atoms with van der Waals surface area (Å²) in [7, 11) is 0. The summed E-state index contributed by atoms with van der Waals surface area (Å²) in [5.41, 5.74) is 4.84. The standard InChI is InChI=1S/C20H23N3O2/c1-3-21-20(25)23-11-10-15-8-9-17(13-18(15)23)22-19(24)12-16-7-5-4-6-14(16)2/h4-9,13H,3,10-12H2,1-2H3,(H,21,25)(H,22,24). The van der Waals surface area contributed by atoms with Gasteiger partial charge in [0.2, 0.25) is 5.91 Å². The van der Waals surface area contributed by atoms with E-state index in [4.69, 9.17) is 0 Å². The fraction of sp³-hybridized carbons (Fsp3) is 0.300. The number of rotatable bonds is 4. The van der Waals surface area contributed by atoms with Crippen LogP contribution in [0.5, 0.6) is 0 Å². The van der Waals surface area contributed by atoms with Gasteiger partial charge in [-0.05, 0) is 49.1 Å². The molecule has 0 radical (unpaired) electrons. The number of hydrogen-bond acceptors (Lipinski definition) is 2. The number of benzene rings is 2. The second-order valence-electron chi connectivity index (χ2n) is 6.23. The first-order valence-corrected chi connectivity index (χ1v) is 8.61. The molecule has 0 aliphatic carbocycles. The number of carbonyl (C=O) groups excluding carboxylic acids is 2. The van der Waals surface area contributed by atoms with Crippen molar-refractivity contribution in [3.05, 3.63) is 59.2 Å². The Kier molecular flexibility index (Phi) is 5.03. The molecule has 1 aliphatic rings. The molecule has 5 heteroatoms. The highest BCUT2D eigenvalue weighted by molar-refractivity contribution is 5.97. The first-order valence-electron chi connectivity index (χ1n) is 8.61. The van der Waals surface area contributed by atoms with Crippen molar-refractivity contribution >= 4 is 23.3 Å². The topological polar surface area (TPSA) is 61.4 Å². The van der Waals surface area contributed by atoms with E-state index in [1.165, 1.54) is 0 Å². The molecule has 0 unspecified atom stereocenters. The normalized spacial score (nSPS) is 12.6. The summed E-state index contributed by atoms with van der Waals surface area (Å²) in [6.07, 6.45) is 1.17. The van der Waals surface area contributed by atoms with Gasteiger partial charge in [-0.3, -0.25) is 9.69 Å². The molecule has 0 saturated heterocycles. The maximum atomic E-state index is 12.3. The second kappa shape index (κ2) is 7.38. The molecule has 1 heterocycles. The zero-order chi connectivity index (χ0) is 17.8. The monoisotopic (exact) mass is 337 g/mol. The van der Waals surface area contributed by atoms with Gasteiger partial charge in [0.15, 0.2) is 0 Å². The van der Waals surface area contributed by atoms with Crippen LogP contribution in [-0.2, 0) is 17.6 Å². The van der Waals surface area contributed by atoms with Crippen molar-refractivity contribution in [2.24, 2.45) is 0 Å². The highest BCUT2D eigenvalue weighted by Crippen LogP contribution is 2.31. The van der Waals surface area contributed by atoms with E-state index in [2.05, 4.69) is 10.6 Å². The minimum Gasteiger partial charge on any atom is -0.338 e. The van der Waals surface area contributed by atoms with Gasteiger partial charge in [-0.1, -0.05) is 30.3 Å². The van der Waals surface area contributed by atoms with E-state index >= 15 is 0 Å². The smallest absolute Gasteiger partial charge is 0.321 e. The lowest BCUT2D eigenvalue weighted by molar-refractivity contribution is -0.115. The number of nitrogens with zero attached hydrogens (tertiary/aromatic N) is 1. The van der Waals surface area contributed by atoms with E-state index in [-0.39, 0.29) is 11.9 Å². The second-order valence-corrected chi connectivity index (χ2v) is 6.23. The zero-order valence-electron chi connectivity index (χ0n) is 14.6. The van der Waals surface area contributed by atoms with E-state index in [1.807, 2.05) is 56.3 Å². The Hall–Kier alpha value is -2.82. The number of carbonyl (C=O) groups is 2. The Balaban J connectivity index is 1.72. The average Bonchev–Trinajstić information content (AvgIpc) is 3.00. The molecule has 0 bridgehead atoms. The first kappa shape index (κ1) is 17.0. The van der Waals surface area contributed by atoms with Gasteiger partial charge < -0.3 is 10.6 Å². The van der Waals surface area contributed by atoms with Gasteiger partial charge >= 0.3 is 6.03 Å². The highest BCUT2D eigenvalue weighted by atomic mass is 16.2. The summed E-state index contributed by atoms with van der Waals surface area (Å²) in [6, 6.07) is 13.5. The van der Waals surface area contributed by atoms with E-state index in [0.29, 0.717) is 25.2 Å². The van der Waals surface area contributed by atoms with Crippen molar-refractivity contribution in [2.45, 2.75) is 26.7 Å². The van der Waals surface area contributed by atoms with E-state index < -0.39 is 0 Å². The largest absolute Gasteiger partial charge is 0.338 e. The molecule has 1 aliphatic heterocycles. The number of urea groups is 1. The third-order valence-electron chi connectivity index (χ3n) is 4.45. The number of anilines is 2. The van der Waals surface area contributed by atoms with Gasteiger partial charge in [0.25, 0.3) is 0 Å². The van der Waals surface area contributed by atoms with Crippen LogP contribution in [0.3, 0.4) is 0 Å². The van der Waals surface area contributed by atoms with Crippen LogP contribution in [0.4, 0.5) is 16.2 Å². The Morgan fingerprint density at radius 3 is 2.72 bits per heavy atom. The molecule has 25 heavy (non-hydrogen) atoms. The maximum absolute atomic E-state index is 12.3. The molecule has 0 saturated carbocycles. The van der Waals surface area contributed by atoms with Crippen LogP contribution in [0.2, 0.25) is 0 Å². The van der Waals surface area contributed by atoms with E-state index in [1.54, 1.807) is 4.90 Å². The summed E-state index contributed by atoms with van der Waals surface area (Å²) in [6.45, 7) is 5.17. The van der Waals surface area contributed by atoms with Gasteiger partial charge in [-0.2, -0.15) is 0 Å². The van der Waals surface area contributed by atoms with Gasteiger partial charge in [0, 0.05) is 18.8 Å². The molecular formula is C20H23N3O2. The fourth-order valence-corrected chi connectivity index (χ4v) is 3.10. The third-order valence-corrected chi connectivity index (χ3v) is 4.45. The molecule has 3 amide bonds. The maximum Gasteiger partial charge on any atom is 0.321 e. The lowest BCUT2D eigenvalue weighted by Gasteiger charge is -2.18. The Labute approximate surface area is 148 Å². The van der Waals surface area contributed by atoms with Crippen molar-refractivity contribution in [3.8, 4) is 0 Å². The van der Waals surface area contributed by atoms with Gasteiger partial charge in [-0.25, -0.2) is 4.79 Å². The van der Waals surface area contributed by atoms with Crippen molar-refractivity contribution in [1.29, 1.82) is 0 Å². The number of hydrogen-bond donors (Lipinski definition) is 2. The predicted octanol–water partition coefficient (Wildman–Crippen LogP) is 3.27. The van der Waals surface area contributed by atoms with Crippen LogP contribution >= 0.6 is 0 Å². The van der Waals surface area contributed by atoms with E-state index in [0.717, 1.165) is 28.8 Å². The predicted molar refractivity (Wildman–Crippen MR) is 100 cm³/mol. The van der Waals surface area contributed by atoms with Crippen LogP contribution in [-0.4, -0.2) is 25.0 Å². The average molecular weight is 337 g/mol. The molecule has 2 aromatic rings. The Morgan fingerprint density at radius 2 is 1.96 bits per heavy atom. The van der Waals surface area contributed by atoms with Crippen molar-refractivity contribution in [2.75, 3.05) is 23.3 Å². The van der Waals surface area contributed by atoms with Gasteiger partial charge in [-0.15, -0.1) is 0 Å². The van der Waals surface area contributed by atoms with Crippen molar-refractivity contribution in [3.63, 3.8) is 0 Å². The fourth-order valence-electron chi connectivity index (χ4n) is 3.10. The number of nitrogens with one attached hydrogen (secondary N) is 2.